The van der Waals surface area contributed by atoms with Crippen LogP contribution in [0.5, 0.6) is 0 Å². The summed E-state index contributed by atoms with van der Waals surface area (Å²) in [5, 5.41) is 8.47. The molecule has 6 heteroatoms. The van der Waals surface area contributed by atoms with E-state index >= 15 is 0 Å². The van der Waals surface area contributed by atoms with Crippen molar-refractivity contribution in [2.24, 2.45) is 0 Å². The molecule has 2 N–H and O–H groups in total. The molecular formula is C7H10BrNO4. The van der Waals surface area contributed by atoms with E-state index in [-0.39, 0.29) is 23.2 Å². The third kappa shape index (κ3) is 5.37. The molecule has 0 saturated carbocycles. The van der Waals surface area contributed by atoms with Gasteiger partial charge in [0.15, 0.2) is 5.78 Å². The SMILES string of the molecule is CONC(=CCC(=O)O)C(=O)CBr. The number of hydrogen-bond donors (Lipinski definition) is 2. The summed E-state index contributed by atoms with van der Waals surface area (Å²) in [5.74, 6) is -1.26. The lowest BCUT2D eigenvalue weighted by atomic mass is 10.2. The number of ketones is 1. The number of hydroxylamine groups is 1. The van der Waals surface area contributed by atoms with Crippen LogP contribution in [0.25, 0.3) is 0 Å². The topological polar surface area (TPSA) is 75.6 Å². The van der Waals surface area contributed by atoms with Crippen LogP contribution in [0.3, 0.4) is 0 Å². The maximum absolute atomic E-state index is 11.1. The molecule has 13 heavy (non-hydrogen) atoms. The van der Waals surface area contributed by atoms with E-state index in [1.807, 2.05) is 0 Å². The van der Waals surface area contributed by atoms with Crippen LogP contribution < -0.4 is 5.48 Å². The van der Waals surface area contributed by atoms with E-state index in [2.05, 4.69) is 26.2 Å². The number of Topliss-reactive ketones (excluding diaryl/α,β-unsaturated/α-hetero) is 1. The lowest BCUT2D eigenvalue weighted by molar-refractivity contribution is -0.136. The van der Waals surface area contributed by atoms with Gasteiger partial charge in [-0.05, 0) is 6.08 Å². The van der Waals surface area contributed by atoms with Crippen LogP contribution in [0.15, 0.2) is 11.8 Å². The summed E-state index contributed by atoms with van der Waals surface area (Å²) in [6, 6.07) is 0. The summed E-state index contributed by atoms with van der Waals surface area (Å²) in [7, 11) is 1.34. The molecule has 0 aromatic rings. The van der Waals surface area contributed by atoms with Gasteiger partial charge in [-0.3, -0.25) is 19.9 Å². The lowest BCUT2D eigenvalue weighted by Gasteiger charge is -2.04. The highest BCUT2D eigenvalue weighted by Gasteiger charge is 2.07. The predicted octanol–water partition coefficient (Wildman–Crippen LogP) is 0.460. The molecule has 0 heterocycles. The molecule has 0 atom stereocenters. The number of carboxylic acid groups (broad SMARTS) is 1. The molecule has 0 radical (unpaired) electrons. The first-order valence-electron chi connectivity index (χ1n) is 3.42. The maximum Gasteiger partial charge on any atom is 0.307 e. The molecule has 5 nitrogen and oxygen atoms in total. The van der Waals surface area contributed by atoms with Gasteiger partial charge in [-0.1, -0.05) is 15.9 Å². The zero-order valence-electron chi connectivity index (χ0n) is 7.04. The number of carbonyl (C=O) groups excluding carboxylic acids is 1. The minimum atomic E-state index is -1.00. The zero-order valence-corrected chi connectivity index (χ0v) is 8.63. The fraction of sp³-hybridized carbons (Fsp3) is 0.429. The first-order valence-corrected chi connectivity index (χ1v) is 4.54. The number of nitrogens with one attached hydrogen (secondary N) is 1. The summed E-state index contributed by atoms with van der Waals surface area (Å²) >= 11 is 2.96. The van der Waals surface area contributed by atoms with Gasteiger partial charge < -0.3 is 5.11 Å². The summed E-state index contributed by atoms with van der Waals surface area (Å²) in [6.45, 7) is 0. The van der Waals surface area contributed by atoms with Crippen molar-refractivity contribution in [1.29, 1.82) is 0 Å². The Morgan fingerprint density at radius 2 is 2.23 bits per heavy atom. The summed E-state index contributed by atoms with van der Waals surface area (Å²) < 4.78 is 0. The molecule has 0 unspecified atom stereocenters. The Labute approximate surface area is 83.8 Å². The number of aliphatic carboxylic acids is 1. The van der Waals surface area contributed by atoms with Crippen molar-refractivity contribution in [3.8, 4) is 0 Å². The lowest BCUT2D eigenvalue weighted by Crippen LogP contribution is -2.20. The molecule has 0 fully saturated rings. The highest BCUT2D eigenvalue weighted by atomic mass is 79.9. The molecule has 0 bridgehead atoms. The molecule has 0 aliphatic carbocycles. The van der Waals surface area contributed by atoms with Crippen LogP contribution in [0, 0.1) is 0 Å². The van der Waals surface area contributed by atoms with Crippen molar-refractivity contribution in [3.63, 3.8) is 0 Å². The van der Waals surface area contributed by atoms with Crippen LogP contribution in [0.4, 0.5) is 0 Å². The van der Waals surface area contributed by atoms with Gasteiger partial charge in [0.05, 0.1) is 18.9 Å². The second-order valence-electron chi connectivity index (χ2n) is 2.08. The van der Waals surface area contributed by atoms with Crippen molar-refractivity contribution < 1.29 is 19.5 Å². The van der Waals surface area contributed by atoms with E-state index in [4.69, 9.17) is 5.11 Å². The molecule has 0 aromatic heterocycles. The number of hydrogen-bond acceptors (Lipinski definition) is 4. The summed E-state index contributed by atoms with van der Waals surface area (Å²) in [4.78, 5) is 25.8. The third-order valence-electron chi connectivity index (χ3n) is 1.11. The Kier molecular flexibility index (Phi) is 6.17. The molecule has 0 rings (SSSR count). The Balaban J connectivity index is 4.30. The van der Waals surface area contributed by atoms with Crippen LogP contribution in [-0.2, 0) is 14.4 Å². The van der Waals surface area contributed by atoms with Crippen molar-refractivity contribution in [2.75, 3.05) is 12.4 Å². The highest BCUT2D eigenvalue weighted by molar-refractivity contribution is 9.09. The molecular weight excluding hydrogens is 242 g/mol. The highest BCUT2D eigenvalue weighted by Crippen LogP contribution is 1.98. The van der Waals surface area contributed by atoms with Crippen LogP contribution in [-0.4, -0.2) is 29.3 Å². The van der Waals surface area contributed by atoms with Crippen molar-refractivity contribution in [2.45, 2.75) is 6.42 Å². The van der Waals surface area contributed by atoms with E-state index in [9.17, 15) is 9.59 Å². The van der Waals surface area contributed by atoms with E-state index in [1.165, 1.54) is 13.2 Å². The molecule has 0 saturated heterocycles. The van der Waals surface area contributed by atoms with Gasteiger partial charge in [0.25, 0.3) is 0 Å². The Morgan fingerprint density at radius 1 is 1.62 bits per heavy atom. The zero-order chi connectivity index (χ0) is 10.3. The fourth-order valence-corrected chi connectivity index (χ4v) is 0.886. The standard InChI is InChI=1S/C7H10BrNO4/c1-13-9-5(6(10)4-8)2-3-7(11)12/h2,9H,3-4H2,1H3,(H,11,12). The molecule has 0 spiro atoms. The van der Waals surface area contributed by atoms with Gasteiger partial charge in [-0.25, -0.2) is 0 Å². The van der Waals surface area contributed by atoms with Gasteiger partial charge in [-0.15, -0.1) is 0 Å². The minimum absolute atomic E-state index is 0.120. The largest absolute Gasteiger partial charge is 0.481 e. The average Bonchev–Trinajstić information content (AvgIpc) is 2.10. The Morgan fingerprint density at radius 3 is 2.62 bits per heavy atom. The van der Waals surface area contributed by atoms with E-state index < -0.39 is 5.97 Å². The number of allylic oxidation sites excluding steroid dienone is 1. The molecule has 0 amide bonds. The third-order valence-corrected chi connectivity index (χ3v) is 1.62. The second kappa shape index (κ2) is 6.62. The first kappa shape index (κ1) is 12.1. The Bertz CT molecular complexity index is 227. The minimum Gasteiger partial charge on any atom is -0.481 e. The fourth-order valence-electron chi connectivity index (χ4n) is 0.584. The number of rotatable bonds is 6. The Hall–Kier alpha value is -0.880. The molecule has 0 aliphatic heterocycles. The number of halogens is 1. The van der Waals surface area contributed by atoms with E-state index in [0.717, 1.165) is 0 Å². The second-order valence-corrected chi connectivity index (χ2v) is 2.64. The van der Waals surface area contributed by atoms with Crippen LogP contribution in [0.2, 0.25) is 0 Å². The molecule has 74 valence electrons. The van der Waals surface area contributed by atoms with E-state index in [0.29, 0.717) is 0 Å². The smallest absolute Gasteiger partial charge is 0.307 e. The number of carboxylic acids is 1. The van der Waals surface area contributed by atoms with Gasteiger partial charge in [-0.2, -0.15) is 0 Å². The van der Waals surface area contributed by atoms with Crippen molar-refractivity contribution >= 4 is 27.7 Å². The number of carbonyl (C=O) groups is 2. The van der Waals surface area contributed by atoms with Gasteiger partial charge in [0.2, 0.25) is 0 Å². The van der Waals surface area contributed by atoms with Gasteiger partial charge in [0.1, 0.15) is 5.70 Å². The van der Waals surface area contributed by atoms with Gasteiger partial charge >= 0.3 is 5.97 Å². The maximum atomic E-state index is 11.1. The average molecular weight is 252 g/mol. The van der Waals surface area contributed by atoms with Crippen molar-refractivity contribution in [1.82, 2.24) is 5.48 Å². The number of alkyl halides is 1. The molecule has 0 aliphatic rings. The summed E-state index contributed by atoms with van der Waals surface area (Å²) in [5.41, 5.74) is 2.45. The van der Waals surface area contributed by atoms with E-state index in [1.54, 1.807) is 0 Å². The monoisotopic (exact) mass is 251 g/mol. The van der Waals surface area contributed by atoms with Crippen LogP contribution in [0.1, 0.15) is 6.42 Å². The first-order chi connectivity index (χ1) is 6.11. The van der Waals surface area contributed by atoms with Crippen molar-refractivity contribution in [3.05, 3.63) is 11.8 Å². The predicted molar refractivity (Wildman–Crippen MR) is 49.3 cm³/mol. The summed E-state index contributed by atoms with van der Waals surface area (Å²) in [6.07, 6.45) is 1.04. The molecule has 0 aromatic carbocycles. The van der Waals surface area contributed by atoms with Crippen LogP contribution >= 0.6 is 15.9 Å². The van der Waals surface area contributed by atoms with Gasteiger partial charge in [0, 0.05) is 0 Å². The quantitative estimate of drug-likeness (QED) is 0.408. The normalized spacial score (nSPS) is 11.1.